The molecule has 0 heterocycles. The Labute approximate surface area is 123 Å². The van der Waals surface area contributed by atoms with Crippen molar-refractivity contribution < 1.29 is 33.4 Å². The van der Waals surface area contributed by atoms with E-state index in [9.17, 15) is 14.2 Å². The molecule has 0 radical (unpaired) electrons. The summed E-state index contributed by atoms with van der Waals surface area (Å²) in [4.78, 5) is 40.6. The molecule has 0 spiro atoms. The molecule has 0 atom stereocenters. The molecular weight excluding hydrogens is 301 g/mol. The van der Waals surface area contributed by atoms with E-state index in [0.29, 0.717) is 0 Å². The minimum absolute atomic E-state index is 0.188. The van der Waals surface area contributed by atoms with Crippen LogP contribution in [0.3, 0.4) is 0 Å². The number of carbonyl (C=O) groups is 2. The van der Waals surface area contributed by atoms with Crippen molar-refractivity contribution in [2.45, 2.75) is 13.8 Å². The van der Waals surface area contributed by atoms with Gasteiger partial charge in [-0.15, -0.1) is 0 Å². The van der Waals surface area contributed by atoms with Crippen LogP contribution in [0.4, 0.5) is 0 Å². The average Bonchev–Trinajstić information content (AvgIpc) is 2.34. The van der Waals surface area contributed by atoms with Gasteiger partial charge in [-0.3, -0.25) is 0 Å². The van der Waals surface area contributed by atoms with E-state index in [-0.39, 0.29) is 37.4 Å². The molecule has 0 unspecified atom stereocenters. The normalized spacial score (nSPS) is 11.1. The van der Waals surface area contributed by atoms with Crippen LogP contribution in [0.25, 0.3) is 0 Å². The molecule has 8 nitrogen and oxygen atoms in total. The number of carbonyl (C=O) groups excluding carboxylic acids is 2. The quantitative estimate of drug-likeness (QED) is 0.361. The van der Waals surface area contributed by atoms with E-state index in [1.807, 2.05) is 0 Å². The van der Waals surface area contributed by atoms with Crippen LogP contribution in [0.1, 0.15) is 13.8 Å². The predicted molar refractivity (Wildman–Crippen MR) is 75.2 cm³/mol. The third-order valence-electron chi connectivity index (χ3n) is 2.23. The highest BCUT2D eigenvalue weighted by atomic mass is 31.2. The van der Waals surface area contributed by atoms with Gasteiger partial charge in [-0.1, -0.05) is 13.2 Å². The number of hydrogen-bond acceptors (Lipinski definition) is 5. The molecule has 21 heavy (non-hydrogen) atoms. The lowest BCUT2D eigenvalue weighted by Crippen LogP contribution is -2.29. The second-order valence-corrected chi connectivity index (χ2v) is 5.89. The van der Waals surface area contributed by atoms with Crippen molar-refractivity contribution in [1.29, 1.82) is 0 Å². The Hall–Kier alpha value is -1.47. The van der Waals surface area contributed by atoms with Crippen LogP contribution in [0.5, 0.6) is 0 Å². The minimum atomic E-state index is -4.54. The summed E-state index contributed by atoms with van der Waals surface area (Å²) in [5, 5.41) is 0. The number of rotatable bonds is 9. The van der Waals surface area contributed by atoms with Gasteiger partial charge in [0.2, 0.25) is 0 Å². The van der Waals surface area contributed by atoms with Crippen LogP contribution >= 0.6 is 7.75 Å². The topological polar surface area (TPSA) is 113 Å². The maximum atomic E-state index is 11.3. The monoisotopic (exact) mass is 321 g/mol. The van der Waals surface area contributed by atoms with Gasteiger partial charge in [-0.2, -0.15) is 0 Å². The number of nitrogens with zero attached hydrogens (tertiary/aromatic N) is 1. The maximum absolute atomic E-state index is 11.3. The third kappa shape index (κ3) is 8.41. The fourth-order valence-electron chi connectivity index (χ4n) is 1.11. The van der Waals surface area contributed by atoms with E-state index in [1.165, 1.54) is 13.8 Å². The van der Waals surface area contributed by atoms with Gasteiger partial charge < -0.3 is 19.3 Å². The highest BCUT2D eigenvalue weighted by Gasteiger charge is 2.25. The second-order valence-electron chi connectivity index (χ2n) is 4.30. The van der Waals surface area contributed by atoms with Gasteiger partial charge in [0.25, 0.3) is 0 Å². The first kappa shape index (κ1) is 19.5. The zero-order valence-electron chi connectivity index (χ0n) is 12.1. The lowest BCUT2D eigenvalue weighted by molar-refractivity contribution is -0.139. The van der Waals surface area contributed by atoms with Gasteiger partial charge in [0, 0.05) is 24.2 Å². The molecule has 0 aromatic heterocycles. The highest BCUT2D eigenvalue weighted by Crippen LogP contribution is 2.39. The molecule has 0 aromatic rings. The van der Waals surface area contributed by atoms with Crippen LogP contribution in [0.2, 0.25) is 0 Å². The largest absolute Gasteiger partial charge is 0.461 e. The lowest BCUT2D eigenvalue weighted by Gasteiger charge is -2.22. The molecular formula is C12H20NO7P. The standard InChI is InChI=1S/C12H20NO7P/c1-9(2)11(14)19-7-5-13(21(16,17)18)6-8-20-12(15)10(3)4/h1,3,5-8H2,2,4H3,(H2,16,17,18). The van der Waals surface area contributed by atoms with Crippen molar-refractivity contribution in [2.75, 3.05) is 26.3 Å². The van der Waals surface area contributed by atoms with Gasteiger partial charge in [-0.05, 0) is 13.8 Å². The maximum Gasteiger partial charge on any atom is 0.403 e. The SMILES string of the molecule is C=C(C)C(=O)OCCN(CCOC(=O)C(=C)C)P(=O)(O)O. The predicted octanol–water partition coefficient (Wildman–Crippen LogP) is 0.620. The Bertz CT molecular complexity index is 436. The van der Waals surface area contributed by atoms with Gasteiger partial charge in [0.1, 0.15) is 13.2 Å². The summed E-state index contributed by atoms with van der Waals surface area (Å²) in [5.74, 6) is -1.29. The zero-order valence-corrected chi connectivity index (χ0v) is 13.0. The summed E-state index contributed by atoms with van der Waals surface area (Å²) in [5.41, 5.74) is 0.376. The molecule has 0 aliphatic rings. The van der Waals surface area contributed by atoms with Crippen LogP contribution in [-0.4, -0.2) is 52.7 Å². The molecule has 0 amide bonds. The first-order valence-electron chi connectivity index (χ1n) is 6.02. The molecule has 0 saturated carbocycles. The van der Waals surface area contributed by atoms with E-state index in [4.69, 9.17) is 19.3 Å². The smallest absolute Gasteiger partial charge is 0.403 e. The Morgan fingerprint density at radius 2 is 1.33 bits per heavy atom. The molecule has 2 N–H and O–H groups in total. The number of esters is 2. The summed E-state index contributed by atoms with van der Waals surface area (Å²) in [6, 6.07) is 0. The number of hydrogen-bond donors (Lipinski definition) is 2. The second kappa shape index (κ2) is 8.74. The summed E-state index contributed by atoms with van der Waals surface area (Å²) in [7, 11) is -4.54. The first-order chi connectivity index (χ1) is 9.55. The molecule has 120 valence electrons. The van der Waals surface area contributed by atoms with Gasteiger partial charge in [0.15, 0.2) is 0 Å². The van der Waals surface area contributed by atoms with Crippen LogP contribution in [0, 0.1) is 0 Å². The van der Waals surface area contributed by atoms with Crippen molar-refractivity contribution in [3.63, 3.8) is 0 Å². The summed E-state index contributed by atoms with van der Waals surface area (Å²) >= 11 is 0. The Balaban J connectivity index is 4.32. The Kier molecular flexibility index (Phi) is 8.12. The highest BCUT2D eigenvalue weighted by molar-refractivity contribution is 7.49. The van der Waals surface area contributed by atoms with E-state index in [0.717, 1.165) is 4.67 Å². The average molecular weight is 321 g/mol. The molecule has 0 aliphatic heterocycles. The molecule has 0 aromatic carbocycles. The fourth-order valence-corrected chi connectivity index (χ4v) is 1.79. The van der Waals surface area contributed by atoms with E-state index in [1.54, 1.807) is 0 Å². The summed E-state index contributed by atoms with van der Waals surface area (Å²) < 4.78 is 21.5. The molecule has 0 rings (SSSR count). The molecule has 0 fully saturated rings. The van der Waals surface area contributed by atoms with Gasteiger partial charge in [-0.25, -0.2) is 18.8 Å². The fraction of sp³-hybridized carbons (Fsp3) is 0.500. The molecule has 9 heteroatoms. The van der Waals surface area contributed by atoms with Gasteiger partial charge >= 0.3 is 19.7 Å². The number of ether oxygens (including phenoxy) is 2. The van der Waals surface area contributed by atoms with Gasteiger partial charge in [0.05, 0.1) is 0 Å². The van der Waals surface area contributed by atoms with E-state index >= 15 is 0 Å². The van der Waals surface area contributed by atoms with Crippen molar-refractivity contribution in [3.05, 3.63) is 24.3 Å². The molecule has 0 saturated heterocycles. The minimum Gasteiger partial charge on any atom is -0.461 e. The Morgan fingerprint density at radius 3 is 1.57 bits per heavy atom. The molecule has 0 aliphatic carbocycles. The first-order valence-corrected chi connectivity index (χ1v) is 7.58. The lowest BCUT2D eigenvalue weighted by atomic mass is 10.4. The Morgan fingerprint density at radius 1 is 1.00 bits per heavy atom. The summed E-state index contributed by atoms with van der Waals surface area (Å²) in [6.07, 6.45) is 0. The molecule has 0 bridgehead atoms. The van der Waals surface area contributed by atoms with Crippen LogP contribution < -0.4 is 0 Å². The summed E-state index contributed by atoms with van der Waals surface area (Å²) in [6.45, 7) is 8.84. The van der Waals surface area contributed by atoms with Crippen LogP contribution in [0.15, 0.2) is 24.3 Å². The van der Waals surface area contributed by atoms with E-state index < -0.39 is 19.7 Å². The third-order valence-corrected chi connectivity index (χ3v) is 3.37. The van der Waals surface area contributed by atoms with Crippen molar-refractivity contribution in [3.8, 4) is 0 Å². The van der Waals surface area contributed by atoms with E-state index in [2.05, 4.69) is 13.2 Å². The van der Waals surface area contributed by atoms with Crippen LogP contribution in [-0.2, 0) is 23.6 Å². The van der Waals surface area contributed by atoms with Crippen molar-refractivity contribution >= 4 is 19.7 Å². The zero-order chi connectivity index (χ0) is 16.6. The van der Waals surface area contributed by atoms with Crippen molar-refractivity contribution in [1.82, 2.24) is 4.67 Å². The van der Waals surface area contributed by atoms with Crippen molar-refractivity contribution in [2.24, 2.45) is 0 Å².